The van der Waals surface area contributed by atoms with E-state index in [9.17, 15) is 9.59 Å². The van der Waals surface area contributed by atoms with Gasteiger partial charge in [-0.2, -0.15) is 0 Å². The molecule has 1 N–H and O–H groups in total. The van der Waals surface area contributed by atoms with E-state index in [0.29, 0.717) is 12.6 Å². The van der Waals surface area contributed by atoms with Crippen molar-refractivity contribution in [2.24, 2.45) is 0 Å². The monoisotopic (exact) mass is 344 g/mol. The summed E-state index contributed by atoms with van der Waals surface area (Å²) in [5, 5.41) is 2.56. The van der Waals surface area contributed by atoms with Gasteiger partial charge in [-0.25, -0.2) is 0 Å². The molecule has 1 aliphatic carbocycles. The second-order valence-corrected chi connectivity index (χ2v) is 7.67. The van der Waals surface area contributed by atoms with Crippen LogP contribution in [-0.4, -0.2) is 34.6 Å². The zero-order valence-electron chi connectivity index (χ0n) is 13.9. The fourth-order valence-electron chi connectivity index (χ4n) is 3.49. The largest absolute Gasteiger partial charge is 0.336 e. The van der Waals surface area contributed by atoms with Crippen LogP contribution >= 0.6 is 11.8 Å². The molecule has 0 saturated heterocycles. The van der Waals surface area contributed by atoms with Crippen molar-refractivity contribution in [3.63, 3.8) is 0 Å². The number of amides is 2. The Morgan fingerprint density at radius 3 is 2.79 bits per heavy atom. The topological polar surface area (TPSA) is 49.4 Å². The third-order valence-electron chi connectivity index (χ3n) is 4.73. The molecule has 4 nitrogen and oxygen atoms in total. The summed E-state index contributed by atoms with van der Waals surface area (Å²) in [6.07, 6.45) is 7.77. The molecule has 1 aromatic carbocycles. The van der Waals surface area contributed by atoms with Gasteiger partial charge in [0.2, 0.25) is 11.8 Å². The Kier molecular flexibility index (Phi) is 5.61. The van der Waals surface area contributed by atoms with E-state index < -0.39 is 0 Å². The standard InChI is InChI=1S/C19H24N2O2S/c1-2-12-21(14-8-4-3-5-9-14)18(22)13-17-19(23)20-15-10-6-7-11-16(15)24-17/h2,6-7,10-11,14,17H,1,3-5,8-9,12-13H2,(H,20,23)/t17-/m1/s1. The fraction of sp³-hybridized carbons (Fsp3) is 0.474. The second-order valence-electron chi connectivity index (χ2n) is 6.42. The number of carbonyl (C=O) groups is 2. The van der Waals surface area contributed by atoms with Crippen molar-refractivity contribution >= 4 is 29.3 Å². The summed E-state index contributed by atoms with van der Waals surface area (Å²) in [4.78, 5) is 28.1. The summed E-state index contributed by atoms with van der Waals surface area (Å²) in [5.74, 6) is -0.0110. The summed E-state index contributed by atoms with van der Waals surface area (Å²) in [6, 6.07) is 8.03. The molecular weight excluding hydrogens is 320 g/mol. The number of carbonyl (C=O) groups excluding carboxylic acids is 2. The molecule has 1 heterocycles. The van der Waals surface area contributed by atoms with E-state index in [0.717, 1.165) is 23.4 Å². The minimum atomic E-state index is -0.358. The highest BCUT2D eigenvalue weighted by Crippen LogP contribution is 2.37. The highest BCUT2D eigenvalue weighted by Gasteiger charge is 2.32. The SMILES string of the molecule is C=CCN(C(=O)C[C@H]1Sc2ccccc2NC1=O)C1CCCCC1. The Morgan fingerprint density at radius 1 is 1.29 bits per heavy atom. The number of para-hydroxylation sites is 1. The third-order valence-corrected chi connectivity index (χ3v) is 6.00. The van der Waals surface area contributed by atoms with E-state index in [1.807, 2.05) is 29.2 Å². The molecule has 24 heavy (non-hydrogen) atoms. The lowest BCUT2D eigenvalue weighted by Gasteiger charge is -2.35. The summed E-state index contributed by atoms with van der Waals surface area (Å²) in [6.45, 7) is 4.36. The third kappa shape index (κ3) is 3.83. The molecule has 0 aromatic heterocycles. The van der Waals surface area contributed by atoms with E-state index in [-0.39, 0.29) is 23.5 Å². The average Bonchev–Trinajstić information content (AvgIpc) is 2.61. The maximum Gasteiger partial charge on any atom is 0.238 e. The Balaban J connectivity index is 1.68. The predicted molar refractivity (Wildman–Crippen MR) is 98.1 cm³/mol. The molecule has 5 heteroatoms. The molecule has 0 unspecified atom stereocenters. The van der Waals surface area contributed by atoms with Crippen LogP contribution in [0.2, 0.25) is 0 Å². The minimum absolute atomic E-state index is 0.0637. The highest BCUT2D eigenvalue weighted by molar-refractivity contribution is 8.01. The number of benzene rings is 1. The molecule has 0 radical (unpaired) electrons. The first kappa shape index (κ1) is 17.1. The number of thioether (sulfide) groups is 1. The lowest BCUT2D eigenvalue weighted by Crippen LogP contribution is -2.44. The number of fused-ring (bicyclic) bond motifs is 1. The van der Waals surface area contributed by atoms with Crippen LogP contribution in [0.25, 0.3) is 0 Å². The molecule has 2 amide bonds. The molecule has 1 aliphatic heterocycles. The minimum Gasteiger partial charge on any atom is -0.336 e. The maximum atomic E-state index is 12.8. The van der Waals surface area contributed by atoms with Gasteiger partial charge in [0.05, 0.1) is 10.9 Å². The summed E-state index contributed by atoms with van der Waals surface area (Å²) in [7, 11) is 0. The first-order chi connectivity index (χ1) is 11.7. The molecule has 3 rings (SSSR count). The number of anilines is 1. The summed E-state index contributed by atoms with van der Waals surface area (Å²) in [5.41, 5.74) is 0.839. The van der Waals surface area contributed by atoms with Crippen LogP contribution in [0.4, 0.5) is 5.69 Å². The quantitative estimate of drug-likeness (QED) is 0.826. The van der Waals surface area contributed by atoms with Crippen molar-refractivity contribution in [3.8, 4) is 0 Å². The Hall–Kier alpha value is -1.75. The van der Waals surface area contributed by atoms with Crippen molar-refractivity contribution in [2.45, 2.75) is 54.7 Å². The van der Waals surface area contributed by atoms with Gasteiger partial charge in [0.1, 0.15) is 0 Å². The lowest BCUT2D eigenvalue weighted by atomic mass is 9.94. The van der Waals surface area contributed by atoms with Gasteiger partial charge >= 0.3 is 0 Å². The summed E-state index contributed by atoms with van der Waals surface area (Å²) >= 11 is 1.49. The van der Waals surface area contributed by atoms with Crippen molar-refractivity contribution in [2.75, 3.05) is 11.9 Å². The van der Waals surface area contributed by atoms with Crippen LogP contribution in [0.1, 0.15) is 38.5 Å². The van der Waals surface area contributed by atoms with Gasteiger partial charge in [-0.05, 0) is 25.0 Å². The van der Waals surface area contributed by atoms with Gasteiger partial charge in [0, 0.05) is 23.9 Å². The van der Waals surface area contributed by atoms with Crippen molar-refractivity contribution in [1.29, 1.82) is 0 Å². The van der Waals surface area contributed by atoms with Crippen LogP contribution in [0.3, 0.4) is 0 Å². The van der Waals surface area contributed by atoms with E-state index in [1.165, 1.54) is 31.0 Å². The Bertz CT molecular complexity index is 626. The van der Waals surface area contributed by atoms with Gasteiger partial charge in [-0.3, -0.25) is 9.59 Å². The summed E-state index contributed by atoms with van der Waals surface area (Å²) < 4.78 is 0. The molecule has 1 saturated carbocycles. The van der Waals surface area contributed by atoms with Crippen LogP contribution in [-0.2, 0) is 9.59 Å². The van der Waals surface area contributed by atoms with Gasteiger partial charge < -0.3 is 10.2 Å². The number of hydrogen-bond donors (Lipinski definition) is 1. The zero-order valence-corrected chi connectivity index (χ0v) is 14.7. The van der Waals surface area contributed by atoms with Crippen LogP contribution in [0, 0.1) is 0 Å². The molecule has 2 aliphatic rings. The fourth-order valence-corrected chi connectivity index (χ4v) is 4.59. The van der Waals surface area contributed by atoms with E-state index in [2.05, 4.69) is 11.9 Å². The first-order valence-corrected chi connectivity index (χ1v) is 9.54. The Morgan fingerprint density at radius 2 is 2.04 bits per heavy atom. The molecule has 1 fully saturated rings. The van der Waals surface area contributed by atoms with Crippen molar-refractivity contribution in [3.05, 3.63) is 36.9 Å². The second kappa shape index (κ2) is 7.88. The normalized spacial score (nSPS) is 20.8. The van der Waals surface area contributed by atoms with E-state index >= 15 is 0 Å². The first-order valence-electron chi connectivity index (χ1n) is 8.66. The van der Waals surface area contributed by atoms with Gasteiger partial charge in [0.25, 0.3) is 0 Å². The smallest absolute Gasteiger partial charge is 0.238 e. The maximum absolute atomic E-state index is 12.8. The van der Waals surface area contributed by atoms with Gasteiger partial charge in [0.15, 0.2) is 0 Å². The molecule has 0 spiro atoms. The van der Waals surface area contributed by atoms with Crippen LogP contribution in [0.15, 0.2) is 41.8 Å². The highest BCUT2D eigenvalue weighted by atomic mass is 32.2. The molecule has 1 aromatic rings. The van der Waals surface area contributed by atoms with Gasteiger partial charge in [-0.15, -0.1) is 18.3 Å². The van der Waals surface area contributed by atoms with E-state index in [4.69, 9.17) is 0 Å². The van der Waals surface area contributed by atoms with Gasteiger partial charge in [-0.1, -0.05) is 37.5 Å². The molecular formula is C19H24N2O2S. The van der Waals surface area contributed by atoms with E-state index in [1.54, 1.807) is 6.08 Å². The number of rotatable bonds is 5. The lowest BCUT2D eigenvalue weighted by molar-refractivity contribution is -0.134. The number of nitrogens with one attached hydrogen (secondary N) is 1. The van der Waals surface area contributed by atoms with Crippen molar-refractivity contribution < 1.29 is 9.59 Å². The zero-order chi connectivity index (χ0) is 16.9. The van der Waals surface area contributed by atoms with Crippen LogP contribution in [0.5, 0.6) is 0 Å². The average molecular weight is 344 g/mol. The molecule has 1 atom stereocenters. The predicted octanol–water partition coefficient (Wildman–Crippen LogP) is 3.84. The van der Waals surface area contributed by atoms with Crippen LogP contribution < -0.4 is 5.32 Å². The molecule has 0 bridgehead atoms. The molecule has 128 valence electrons. The number of hydrogen-bond acceptors (Lipinski definition) is 3. The number of nitrogens with zero attached hydrogens (tertiary/aromatic N) is 1. The van der Waals surface area contributed by atoms with Crippen molar-refractivity contribution in [1.82, 2.24) is 4.90 Å². The Labute approximate surface area is 147 Å².